The topological polar surface area (TPSA) is 98.1 Å². The fourth-order valence-electron chi connectivity index (χ4n) is 5.60. The number of likely N-dealkylation sites (tertiary alicyclic amines) is 1. The van der Waals surface area contributed by atoms with Crippen LogP contribution in [0.1, 0.15) is 57.2 Å². The van der Waals surface area contributed by atoms with Crippen LogP contribution in [-0.4, -0.2) is 57.7 Å². The summed E-state index contributed by atoms with van der Waals surface area (Å²) in [6.45, 7) is 7.85. The summed E-state index contributed by atoms with van der Waals surface area (Å²) in [5.41, 5.74) is 5.08. The Morgan fingerprint density at radius 1 is 1.08 bits per heavy atom. The number of anilines is 2. The molecular formula is C30H31N5O4. The first-order chi connectivity index (χ1) is 18.9. The zero-order valence-corrected chi connectivity index (χ0v) is 22.4. The smallest absolute Gasteiger partial charge is 0.343 e. The van der Waals surface area contributed by atoms with E-state index in [1.165, 1.54) is 22.5 Å². The number of aryl methyl sites for hydroxylation is 2. The SMILES string of the molecule is CCOC(=O)c1cnn2c(Nc3cc(C)ccc3C)c(C(=O)N3CCC4(CC3)COc3ccccc34)cnc12. The van der Waals surface area contributed by atoms with Crippen molar-refractivity contribution >= 4 is 29.0 Å². The Morgan fingerprint density at radius 3 is 2.67 bits per heavy atom. The molecular weight excluding hydrogens is 494 g/mol. The number of amides is 1. The van der Waals surface area contributed by atoms with E-state index in [9.17, 15) is 9.59 Å². The molecule has 4 heterocycles. The second-order valence-electron chi connectivity index (χ2n) is 10.3. The summed E-state index contributed by atoms with van der Waals surface area (Å²) < 4.78 is 12.7. The van der Waals surface area contributed by atoms with Crippen LogP contribution in [0.3, 0.4) is 0 Å². The number of rotatable bonds is 5. The Kier molecular flexibility index (Phi) is 6.21. The molecule has 0 atom stereocenters. The van der Waals surface area contributed by atoms with E-state index in [0.29, 0.717) is 36.7 Å². The van der Waals surface area contributed by atoms with Gasteiger partial charge in [0.05, 0.1) is 19.4 Å². The third-order valence-electron chi connectivity index (χ3n) is 7.87. The van der Waals surface area contributed by atoms with Crippen LogP contribution in [0, 0.1) is 13.8 Å². The predicted octanol–water partition coefficient (Wildman–Crippen LogP) is 4.83. The fourth-order valence-corrected chi connectivity index (χ4v) is 5.60. The maximum atomic E-state index is 14.0. The van der Waals surface area contributed by atoms with E-state index < -0.39 is 5.97 Å². The van der Waals surface area contributed by atoms with Crippen LogP contribution in [0.2, 0.25) is 0 Å². The Labute approximate surface area is 226 Å². The highest BCUT2D eigenvalue weighted by Gasteiger charge is 2.44. The van der Waals surface area contributed by atoms with Gasteiger partial charge in [-0.2, -0.15) is 9.61 Å². The number of nitrogens with one attached hydrogen (secondary N) is 1. The fraction of sp³-hybridized carbons (Fsp3) is 0.333. The Bertz CT molecular complexity index is 1590. The zero-order valence-electron chi connectivity index (χ0n) is 22.4. The van der Waals surface area contributed by atoms with Crippen molar-refractivity contribution in [3.63, 3.8) is 0 Å². The number of aromatic nitrogens is 3. The molecule has 2 aliphatic rings. The second-order valence-corrected chi connectivity index (χ2v) is 10.3. The number of fused-ring (bicyclic) bond motifs is 3. The van der Waals surface area contributed by atoms with Gasteiger partial charge in [0, 0.05) is 36.0 Å². The van der Waals surface area contributed by atoms with Crippen LogP contribution in [0.4, 0.5) is 11.5 Å². The molecule has 0 aliphatic carbocycles. The molecule has 0 bridgehead atoms. The van der Waals surface area contributed by atoms with Crippen LogP contribution >= 0.6 is 0 Å². The molecule has 1 N–H and O–H groups in total. The number of hydrogen-bond acceptors (Lipinski definition) is 7. The number of para-hydroxylation sites is 1. The van der Waals surface area contributed by atoms with Crippen molar-refractivity contribution in [1.82, 2.24) is 19.5 Å². The van der Waals surface area contributed by atoms with E-state index in [0.717, 1.165) is 35.4 Å². The third kappa shape index (κ3) is 4.27. The van der Waals surface area contributed by atoms with Crippen LogP contribution in [-0.2, 0) is 10.2 Å². The van der Waals surface area contributed by atoms with E-state index in [1.807, 2.05) is 55.1 Å². The number of benzene rings is 2. The number of carbonyl (C=O) groups is 2. The Hall–Kier alpha value is -4.40. The van der Waals surface area contributed by atoms with Gasteiger partial charge in [-0.1, -0.05) is 30.3 Å². The van der Waals surface area contributed by atoms with Crippen molar-refractivity contribution < 1.29 is 19.1 Å². The normalized spacial score (nSPS) is 15.7. The van der Waals surface area contributed by atoms with Crippen molar-refractivity contribution in [3.8, 4) is 5.75 Å². The number of carbonyl (C=O) groups excluding carboxylic acids is 2. The van der Waals surface area contributed by atoms with Crippen molar-refractivity contribution in [2.45, 2.75) is 39.0 Å². The van der Waals surface area contributed by atoms with Gasteiger partial charge in [0.1, 0.15) is 22.7 Å². The first-order valence-corrected chi connectivity index (χ1v) is 13.3. The first-order valence-electron chi connectivity index (χ1n) is 13.3. The molecule has 9 heteroatoms. The number of nitrogens with zero attached hydrogens (tertiary/aromatic N) is 4. The van der Waals surface area contributed by atoms with Crippen molar-refractivity contribution in [2.24, 2.45) is 0 Å². The average molecular weight is 526 g/mol. The minimum atomic E-state index is -0.503. The summed E-state index contributed by atoms with van der Waals surface area (Å²) in [5.74, 6) is 0.775. The number of esters is 1. The summed E-state index contributed by atoms with van der Waals surface area (Å²) >= 11 is 0. The van der Waals surface area contributed by atoms with Gasteiger partial charge in [-0.05, 0) is 56.9 Å². The molecule has 1 amide bonds. The first kappa shape index (κ1) is 24.9. The monoisotopic (exact) mass is 525 g/mol. The molecule has 0 radical (unpaired) electrons. The lowest BCUT2D eigenvalue weighted by Crippen LogP contribution is -2.46. The van der Waals surface area contributed by atoms with Crippen LogP contribution in [0.15, 0.2) is 54.9 Å². The van der Waals surface area contributed by atoms with Gasteiger partial charge in [-0.15, -0.1) is 0 Å². The minimum Gasteiger partial charge on any atom is -0.492 e. The van der Waals surface area contributed by atoms with Crippen molar-refractivity contribution in [1.29, 1.82) is 0 Å². The van der Waals surface area contributed by atoms with Gasteiger partial charge in [0.2, 0.25) is 0 Å². The van der Waals surface area contributed by atoms with Crippen LogP contribution in [0.5, 0.6) is 5.75 Å². The molecule has 2 aromatic carbocycles. The maximum absolute atomic E-state index is 14.0. The largest absolute Gasteiger partial charge is 0.492 e. The molecule has 1 saturated heterocycles. The molecule has 39 heavy (non-hydrogen) atoms. The van der Waals surface area contributed by atoms with Gasteiger partial charge in [-0.25, -0.2) is 9.78 Å². The number of piperidine rings is 1. The second kappa shape index (κ2) is 9.72. The number of ether oxygens (including phenoxy) is 2. The molecule has 2 aliphatic heterocycles. The average Bonchev–Trinajstić information content (AvgIpc) is 3.54. The van der Waals surface area contributed by atoms with Gasteiger partial charge >= 0.3 is 5.97 Å². The predicted molar refractivity (Wildman–Crippen MR) is 147 cm³/mol. The van der Waals surface area contributed by atoms with Gasteiger partial charge in [0.25, 0.3) is 5.91 Å². The molecule has 1 spiro atoms. The third-order valence-corrected chi connectivity index (χ3v) is 7.87. The van der Waals surface area contributed by atoms with Gasteiger partial charge in [-0.3, -0.25) is 4.79 Å². The molecule has 4 aromatic rings. The highest BCUT2D eigenvalue weighted by Crippen LogP contribution is 2.45. The maximum Gasteiger partial charge on any atom is 0.343 e. The lowest BCUT2D eigenvalue weighted by molar-refractivity contribution is 0.0528. The Balaban J connectivity index is 1.35. The molecule has 2 aromatic heterocycles. The van der Waals surface area contributed by atoms with E-state index in [1.54, 1.807) is 6.92 Å². The molecule has 200 valence electrons. The van der Waals surface area contributed by atoms with Crippen molar-refractivity contribution in [3.05, 3.63) is 82.7 Å². The summed E-state index contributed by atoms with van der Waals surface area (Å²) in [7, 11) is 0. The van der Waals surface area contributed by atoms with Crippen molar-refractivity contribution in [2.75, 3.05) is 31.6 Å². The van der Waals surface area contributed by atoms with Gasteiger partial charge in [0.15, 0.2) is 5.65 Å². The molecule has 1 fully saturated rings. The Morgan fingerprint density at radius 2 is 1.87 bits per heavy atom. The molecule has 6 rings (SSSR count). The highest BCUT2D eigenvalue weighted by molar-refractivity contribution is 6.01. The lowest BCUT2D eigenvalue weighted by Gasteiger charge is -2.38. The van der Waals surface area contributed by atoms with E-state index in [2.05, 4.69) is 21.5 Å². The van der Waals surface area contributed by atoms with Gasteiger partial charge < -0.3 is 19.7 Å². The molecule has 0 unspecified atom stereocenters. The zero-order chi connectivity index (χ0) is 27.1. The quantitative estimate of drug-likeness (QED) is 0.373. The minimum absolute atomic E-state index is 0.0636. The number of hydrogen-bond donors (Lipinski definition) is 1. The van der Waals surface area contributed by atoms with E-state index in [-0.39, 0.29) is 23.5 Å². The summed E-state index contributed by atoms with van der Waals surface area (Å²) in [5, 5.41) is 7.88. The summed E-state index contributed by atoms with van der Waals surface area (Å²) in [4.78, 5) is 32.9. The highest BCUT2D eigenvalue weighted by atomic mass is 16.5. The van der Waals surface area contributed by atoms with E-state index in [4.69, 9.17) is 9.47 Å². The van der Waals surface area contributed by atoms with Crippen LogP contribution < -0.4 is 10.1 Å². The summed E-state index contributed by atoms with van der Waals surface area (Å²) in [6.07, 6.45) is 4.61. The molecule has 9 nitrogen and oxygen atoms in total. The standard InChI is InChI=1S/C30H31N5O4/c1-4-38-29(37)22-17-32-35-26(22)31-16-21(27(35)33-24-15-19(2)9-10-20(24)3)28(36)34-13-11-30(12-14-34)18-39-25-8-6-5-7-23(25)30/h5-10,15-17,33H,4,11-14,18H2,1-3H3. The summed E-state index contributed by atoms with van der Waals surface area (Å²) in [6, 6.07) is 14.3. The lowest BCUT2D eigenvalue weighted by atomic mass is 9.74. The van der Waals surface area contributed by atoms with E-state index >= 15 is 0 Å². The molecule has 0 saturated carbocycles. The van der Waals surface area contributed by atoms with Crippen LogP contribution in [0.25, 0.3) is 5.65 Å².